The van der Waals surface area contributed by atoms with Gasteiger partial charge in [0.25, 0.3) is 0 Å². The number of fused-ring (bicyclic) bond motifs is 7. The zero-order valence-corrected chi connectivity index (χ0v) is 27.3. The molecule has 1 aromatic carbocycles. The zero-order valence-electron chi connectivity index (χ0n) is 27.3. The van der Waals surface area contributed by atoms with Crippen LogP contribution >= 0.6 is 0 Å². The van der Waals surface area contributed by atoms with E-state index >= 15 is 0 Å². The van der Waals surface area contributed by atoms with Gasteiger partial charge in [-0.05, 0) is 103 Å². The molecule has 5 aliphatic carbocycles. The SMILES string of the molecule is [C-]#[N+]C1=C[C@]2(C)C3=CC(=O)[C@@H]4[C@@H]5CC(C)(C)CC[C@]5(NC(=O)Nc5ccc(O)cc5)CC[C@@]4(C)[C@]3(C)CC[C@H]2C(C)(C)C1=O. The number of nitrogens with zero attached hydrogens (tertiary/aromatic N) is 1. The molecule has 0 unspecified atom stereocenters. The molecule has 5 aliphatic rings. The maximum absolute atomic E-state index is 14.7. The van der Waals surface area contributed by atoms with E-state index in [9.17, 15) is 19.5 Å². The number of anilines is 1. The highest BCUT2D eigenvalue weighted by molar-refractivity contribution is 6.03. The molecule has 44 heavy (non-hydrogen) atoms. The average Bonchev–Trinajstić information content (AvgIpc) is 2.94. The van der Waals surface area contributed by atoms with Gasteiger partial charge in [0.05, 0.1) is 6.57 Å². The van der Waals surface area contributed by atoms with Crippen molar-refractivity contribution in [1.29, 1.82) is 0 Å². The number of nitrogens with one attached hydrogen (secondary N) is 2. The first-order valence-electron chi connectivity index (χ1n) is 16.2. The molecule has 0 spiro atoms. The maximum Gasteiger partial charge on any atom is 0.319 e. The molecule has 7 atom stereocenters. The molecule has 3 N–H and O–H groups in total. The molecule has 1 aromatic rings. The van der Waals surface area contributed by atoms with Crippen molar-refractivity contribution in [1.82, 2.24) is 5.32 Å². The van der Waals surface area contributed by atoms with E-state index in [2.05, 4.69) is 50.1 Å². The topological polar surface area (TPSA) is 99.9 Å². The van der Waals surface area contributed by atoms with E-state index in [0.29, 0.717) is 5.69 Å². The third-order valence-electron chi connectivity index (χ3n) is 13.3. The number of hydrogen-bond donors (Lipinski definition) is 3. The van der Waals surface area contributed by atoms with Crippen molar-refractivity contribution < 1.29 is 19.5 Å². The van der Waals surface area contributed by atoms with Crippen LogP contribution in [0.1, 0.15) is 93.4 Å². The lowest BCUT2D eigenvalue weighted by Gasteiger charge is -2.69. The standard InChI is InChI=1S/C37H47N3O4/c1-32(2)15-17-37(40-31(44)39-22-9-11-23(41)12-10-22)18-16-36(7)29(24(37)20-32)26(42)19-28-34(5)21-25(38-8)30(43)33(3,4)27(34)13-14-35(28,36)6/h9-12,19,21,24,27,29,41H,13-18,20H2,1-7H3,(H2,39,40,44)/t24-,27-,29-,34-,35+,36+,37-/m0/s1. The van der Waals surface area contributed by atoms with Gasteiger partial charge in [0.1, 0.15) is 5.75 Å². The second kappa shape index (κ2) is 9.55. The van der Waals surface area contributed by atoms with E-state index < -0.39 is 16.4 Å². The average molecular weight is 598 g/mol. The second-order valence-electron chi connectivity index (χ2n) is 16.5. The fraction of sp³-hybridized carbons (Fsp3) is 0.622. The van der Waals surface area contributed by atoms with Crippen molar-refractivity contribution in [2.45, 2.75) is 99.0 Å². The van der Waals surface area contributed by atoms with Crippen molar-refractivity contribution in [3.8, 4) is 5.75 Å². The smallest absolute Gasteiger partial charge is 0.319 e. The van der Waals surface area contributed by atoms with Gasteiger partial charge in [-0.1, -0.05) is 60.1 Å². The van der Waals surface area contributed by atoms with Gasteiger partial charge in [0.2, 0.25) is 5.70 Å². The van der Waals surface area contributed by atoms with E-state index in [-0.39, 0.29) is 63.0 Å². The van der Waals surface area contributed by atoms with Crippen LogP contribution in [0.2, 0.25) is 0 Å². The summed E-state index contributed by atoms with van der Waals surface area (Å²) >= 11 is 0. The van der Waals surface area contributed by atoms with Crippen molar-refractivity contribution in [3.05, 3.63) is 59.1 Å². The van der Waals surface area contributed by atoms with Crippen LogP contribution in [0.3, 0.4) is 0 Å². The summed E-state index contributed by atoms with van der Waals surface area (Å²) in [6.45, 7) is 23.1. The number of carbonyl (C=O) groups excluding carboxylic acids is 3. The quantitative estimate of drug-likeness (QED) is 0.239. The van der Waals surface area contributed by atoms with Crippen LogP contribution in [0.15, 0.2) is 47.7 Å². The summed E-state index contributed by atoms with van der Waals surface area (Å²) in [7, 11) is 0. The molecule has 7 heteroatoms. The van der Waals surface area contributed by atoms with Crippen LogP contribution in [-0.2, 0) is 9.59 Å². The van der Waals surface area contributed by atoms with Gasteiger partial charge in [-0.2, -0.15) is 0 Å². The lowest BCUT2D eigenvalue weighted by Crippen LogP contribution is -2.70. The van der Waals surface area contributed by atoms with Gasteiger partial charge in [-0.25, -0.2) is 9.64 Å². The first-order valence-corrected chi connectivity index (χ1v) is 16.2. The zero-order chi connectivity index (χ0) is 32.1. The highest BCUT2D eigenvalue weighted by Crippen LogP contribution is 2.73. The predicted molar refractivity (Wildman–Crippen MR) is 170 cm³/mol. The number of hydrogen-bond acceptors (Lipinski definition) is 4. The molecular formula is C37H47N3O4. The Morgan fingerprint density at radius 3 is 2.27 bits per heavy atom. The summed E-state index contributed by atoms with van der Waals surface area (Å²) in [4.78, 5) is 45.2. The van der Waals surface area contributed by atoms with Gasteiger partial charge < -0.3 is 20.5 Å². The van der Waals surface area contributed by atoms with Gasteiger partial charge in [-0.15, -0.1) is 0 Å². The summed E-state index contributed by atoms with van der Waals surface area (Å²) in [6.07, 6.45) is 9.76. The number of ketones is 2. The Morgan fingerprint density at radius 2 is 1.61 bits per heavy atom. The molecular weight excluding hydrogens is 550 g/mol. The number of rotatable bonds is 2. The minimum absolute atomic E-state index is 0.0156. The number of phenolic OH excluding ortho intramolecular Hbond substituents is 1. The number of amides is 2. The minimum Gasteiger partial charge on any atom is -0.508 e. The monoisotopic (exact) mass is 597 g/mol. The Morgan fingerprint density at radius 1 is 0.955 bits per heavy atom. The summed E-state index contributed by atoms with van der Waals surface area (Å²) < 4.78 is 0. The van der Waals surface area contributed by atoms with Crippen LogP contribution in [0.25, 0.3) is 4.85 Å². The molecule has 0 bridgehead atoms. The molecule has 3 saturated carbocycles. The Hall–Kier alpha value is -3.40. The normalized spacial score (nSPS) is 40.1. The first kappa shape index (κ1) is 30.6. The number of benzene rings is 1. The molecule has 0 aliphatic heterocycles. The first-order chi connectivity index (χ1) is 20.4. The molecule has 7 nitrogen and oxygen atoms in total. The van der Waals surface area contributed by atoms with E-state index in [0.717, 1.165) is 50.5 Å². The molecule has 234 valence electrons. The van der Waals surface area contributed by atoms with Crippen LogP contribution in [0.4, 0.5) is 10.5 Å². The van der Waals surface area contributed by atoms with Crippen molar-refractivity contribution >= 4 is 23.3 Å². The van der Waals surface area contributed by atoms with E-state index in [1.165, 1.54) is 0 Å². The molecule has 0 radical (unpaired) electrons. The molecule has 0 saturated heterocycles. The number of phenols is 1. The van der Waals surface area contributed by atoms with Crippen molar-refractivity contribution in [2.75, 3.05) is 5.32 Å². The van der Waals surface area contributed by atoms with Gasteiger partial charge >= 0.3 is 6.03 Å². The van der Waals surface area contributed by atoms with Crippen LogP contribution in [0.5, 0.6) is 5.75 Å². The highest BCUT2D eigenvalue weighted by atomic mass is 16.3. The molecule has 2 amide bonds. The molecule has 0 heterocycles. The Labute approximate surface area is 261 Å². The number of aromatic hydroxyl groups is 1. The third-order valence-corrected chi connectivity index (χ3v) is 13.3. The number of allylic oxidation sites excluding steroid dienone is 4. The summed E-state index contributed by atoms with van der Waals surface area (Å²) in [5.74, 6) is -0.0831. The number of Topliss-reactive ketones (excluding diaryl/α,β-unsaturated/α-hetero) is 1. The van der Waals surface area contributed by atoms with Crippen LogP contribution in [0, 0.1) is 51.4 Å². The highest BCUT2D eigenvalue weighted by Gasteiger charge is 2.70. The van der Waals surface area contributed by atoms with Crippen molar-refractivity contribution in [2.24, 2.45) is 44.8 Å². The van der Waals surface area contributed by atoms with Crippen LogP contribution in [-0.4, -0.2) is 28.2 Å². The predicted octanol–water partition coefficient (Wildman–Crippen LogP) is 7.84. The largest absolute Gasteiger partial charge is 0.508 e. The lowest BCUT2D eigenvalue weighted by molar-refractivity contribution is -0.160. The Kier molecular flexibility index (Phi) is 6.65. The Bertz CT molecular complexity index is 1550. The van der Waals surface area contributed by atoms with Gasteiger partial charge in [0.15, 0.2) is 11.6 Å². The van der Waals surface area contributed by atoms with Gasteiger partial charge in [0, 0.05) is 28.0 Å². The molecule has 3 fully saturated rings. The molecule has 6 rings (SSSR count). The summed E-state index contributed by atoms with van der Waals surface area (Å²) in [5, 5.41) is 16.0. The number of urea groups is 1. The van der Waals surface area contributed by atoms with Crippen molar-refractivity contribution in [3.63, 3.8) is 0 Å². The van der Waals surface area contributed by atoms with E-state index in [1.54, 1.807) is 24.3 Å². The maximum atomic E-state index is 14.7. The van der Waals surface area contributed by atoms with E-state index in [1.807, 2.05) is 26.0 Å². The van der Waals surface area contributed by atoms with E-state index in [4.69, 9.17) is 6.57 Å². The minimum atomic E-state index is -0.684. The third kappa shape index (κ3) is 4.16. The second-order valence-corrected chi connectivity index (χ2v) is 16.5. The summed E-state index contributed by atoms with van der Waals surface area (Å²) in [5.41, 5.74) is -0.453. The van der Waals surface area contributed by atoms with Crippen LogP contribution < -0.4 is 10.6 Å². The lowest BCUT2D eigenvalue weighted by atomic mass is 9.35. The number of carbonyl (C=O) groups is 3. The summed E-state index contributed by atoms with van der Waals surface area (Å²) in [6, 6.07) is 6.16. The Balaban J connectivity index is 1.42. The fourth-order valence-electron chi connectivity index (χ4n) is 10.8. The fourth-order valence-corrected chi connectivity index (χ4v) is 10.8. The van der Waals surface area contributed by atoms with Gasteiger partial charge in [-0.3, -0.25) is 4.79 Å². The molecule has 0 aromatic heterocycles.